The van der Waals surface area contributed by atoms with Gasteiger partial charge in [0.1, 0.15) is 30.0 Å². The number of rotatable bonds is 10. The molecule has 6 heteroatoms. The van der Waals surface area contributed by atoms with Gasteiger partial charge in [0.05, 0.1) is 19.9 Å². The Kier molecular flexibility index (Phi) is 7.37. The molecule has 0 aliphatic rings. The summed E-state index contributed by atoms with van der Waals surface area (Å²) in [5, 5.41) is 11.1. The van der Waals surface area contributed by atoms with E-state index in [4.69, 9.17) is 25.5 Å². The second kappa shape index (κ2) is 10.2. The lowest BCUT2D eigenvalue weighted by Gasteiger charge is -2.24. The summed E-state index contributed by atoms with van der Waals surface area (Å²) >= 11 is 5.88. The topological polar surface area (TPSA) is 55.1 Å². The van der Waals surface area contributed by atoms with Crippen LogP contribution in [0.25, 0.3) is 0 Å². The van der Waals surface area contributed by atoms with E-state index in [9.17, 15) is 5.11 Å². The number of benzene rings is 2. The van der Waals surface area contributed by atoms with Gasteiger partial charge in [-0.1, -0.05) is 23.7 Å². The lowest BCUT2D eigenvalue weighted by atomic mass is 10.2. The van der Waals surface area contributed by atoms with Crippen LogP contribution in [0.15, 0.2) is 71.3 Å². The van der Waals surface area contributed by atoms with Crippen molar-refractivity contribution in [3.63, 3.8) is 0 Å². The number of ether oxygens (including phenoxy) is 2. The van der Waals surface area contributed by atoms with Gasteiger partial charge in [0.2, 0.25) is 0 Å². The normalized spacial score (nSPS) is 12.1. The quantitative estimate of drug-likeness (QED) is 0.546. The first-order valence-corrected chi connectivity index (χ1v) is 9.44. The van der Waals surface area contributed by atoms with Crippen LogP contribution in [0.5, 0.6) is 11.5 Å². The Morgan fingerprint density at radius 3 is 2.57 bits per heavy atom. The molecule has 0 aliphatic carbocycles. The molecule has 28 heavy (non-hydrogen) atoms. The van der Waals surface area contributed by atoms with E-state index in [-0.39, 0.29) is 6.61 Å². The molecule has 0 amide bonds. The molecule has 0 spiro atoms. The number of hydrogen-bond acceptors (Lipinski definition) is 5. The first kappa shape index (κ1) is 20.3. The molecule has 3 rings (SSSR count). The zero-order valence-electron chi connectivity index (χ0n) is 15.8. The third-order valence-corrected chi connectivity index (χ3v) is 4.48. The van der Waals surface area contributed by atoms with Crippen LogP contribution in [-0.4, -0.2) is 36.4 Å². The van der Waals surface area contributed by atoms with Gasteiger partial charge < -0.3 is 19.0 Å². The molecule has 1 unspecified atom stereocenters. The van der Waals surface area contributed by atoms with Gasteiger partial charge >= 0.3 is 0 Å². The van der Waals surface area contributed by atoms with Gasteiger partial charge in [-0.15, -0.1) is 0 Å². The maximum atomic E-state index is 10.5. The van der Waals surface area contributed by atoms with Crippen LogP contribution in [0.1, 0.15) is 11.3 Å². The predicted molar refractivity (Wildman–Crippen MR) is 109 cm³/mol. The molecular formula is C22H24ClNO4. The lowest BCUT2D eigenvalue weighted by molar-refractivity contribution is 0.0604. The van der Waals surface area contributed by atoms with Crippen molar-refractivity contribution in [1.29, 1.82) is 0 Å². The number of nitrogens with zero attached hydrogens (tertiary/aromatic N) is 1. The second-order valence-electron chi connectivity index (χ2n) is 6.52. The van der Waals surface area contributed by atoms with Crippen molar-refractivity contribution < 1.29 is 19.0 Å². The molecule has 1 N–H and O–H groups in total. The molecule has 2 aromatic carbocycles. The molecule has 1 heterocycles. The first-order valence-electron chi connectivity index (χ1n) is 9.06. The number of aliphatic hydroxyl groups excluding tert-OH is 1. The Balaban J connectivity index is 1.61. The van der Waals surface area contributed by atoms with Crippen LogP contribution in [-0.2, 0) is 13.1 Å². The fraction of sp³-hybridized carbons (Fsp3) is 0.273. The average molecular weight is 402 g/mol. The first-order chi connectivity index (χ1) is 13.6. The van der Waals surface area contributed by atoms with E-state index >= 15 is 0 Å². The van der Waals surface area contributed by atoms with E-state index in [1.807, 2.05) is 36.4 Å². The van der Waals surface area contributed by atoms with Crippen molar-refractivity contribution in [2.24, 2.45) is 0 Å². The minimum Gasteiger partial charge on any atom is -0.497 e. The van der Waals surface area contributed by atoms with Crippen LogP contribution < -0.4 is 9.47 Å². The van der Waals surface area contributed by atoms with Crippen molar-refractivity contribution in [2.45, 2.75) is 19.2 Å². The zero-order valence-corrected chi connectivity index (χ0v) is 16.5. The maximum absolute atomic E-state index is 10.5. The average Bonchev–Trinajstić information content (AvgIpc) is 3.20. The predicted octanol–water partition coefficient (Wildman–Crippen LogP) is 4.38. The highest BCUT2D eigenvalue weighted by Gasteiger charge is 2.15. The van der Waals surface area contributed by atoms with Crippen molar-refractivity contribution in [2.75, 3.05) is 20.3 Å². The Morgan fingerprint density at radius 2 is 1.86 bits per heavy atom. The van der Waals surface area contributed by atoms with Gasteiger partial charge in [-0.2, -0.15) is 0 Å². The van der Waals surface area contributed by atoms with Crippen molar-refractivity contribution in [3.8, 4) is 11.5 Å². The maximum Gasteiger partial charge on any atom is 0.119 e. The molecule has 148 valence electrons. The number of furan rings is 1. The van der Waals surface area contributed by atoms with Gasteiger partial charge in [0.15, 0.2) is 0 Å². The summed E-state index contributed by atoms with van der Waals surface area (Å²) in [4.78, 5) is 2.11. The highest BCUT2D eigenvalue weighted by atomic mass is 35.5. The zero-order chi connectivity index (χ0) is 19.8. The summed E-state index contributed by atoms with van der Waals surface area (Å²) < 4.78 is 16.4. The molecule has 0 saturated carbocycles. The van der Waals surface area contributed by atoms with Crippen LogP contribution >= 0.6 is 11.6 Å². The Morgan fingerprint density at radius 1 is 1.04 bits per heavy atom. The fourth-order valence-corrected chi connectivity index (χ4v) is 3.04. The summed E-state index contributed by atoms with van der Waals surface area (Å²) in [5.74, 6) is 2.32. The van der Waals surface area contributed by atoms with E-state index in [0.717, 1.165) is 17.1 Å². The third kappa shape index (κ3) is 6.30. The van der Waals surface area contributed by atoms with Gasteiger partial charge in [0, 0.05) is 18.1 Å². The van der Waals surface area contributed by atoms with Crippen LogP contribution in [0.4, 0.5) is 0 Å². The van der Waals surface area contributed by atoms with E-state index < -0.39 is 6.10 Å². The SMILES string of the molecule is COc1cccc(CN(Cc2ccco2)CC(O)COc2ccc(Cl)cc2)c1. The number of halogens is 1. The molecule has 1 aromatic heterocycles. The van der Waals surface area contributed by atoms with E-state index in [1.165, 1.54) is 0 Å². The summed E-state index contributed by atoms with van der Waals surface area (Å²) in [6.07, 6.45) is 0.996. The van der Waals surface area contributed by atoms with E-state index in [2.05, 4.69) is 4.90 Å². The van der Waals surface area contributed by atoms with E-state index in [0.29, 0.717) is 30.4 Å². The second-order valence-corrected chi connectivity index (χ2v) is 6.96. The van der Waals surface area contributed by atoms with Gasteiger partial charge in [-0.3, -0.25) is 4.90 Å². The molecule has 1 atom stereocenters. The molecule has 0 radical (unpaired) electrons. The largest absolute Gasteiger partial charge is 0.497 e. The van der Waals surface area contributed by atoms with Crippen LogP contribution in [0.2, 0.25) is 5.02 Å². The fourth-order valence-electron chi connectivity index (χ4n) is 2.91. The highest BCUT2D eigenvalue weighted by molar-refractivity contribution is 6.30. The van der Waals surface area contributed by atoms with Crippen molar-refractivity contribution >= 4 is 11.6 Å². The minimum atomic E-state index is -0.656. The summed E-state index contributed by atoms with van der Waals surface area (Å²) in [5.41, 5.74) is 1.09. The smallest absolute Gasteiger partial charge is 0.119 e. The van der Waals surface area contributed by atoms with Gasteiger partial charge in [0.25, 0.3) is 0 Å². The summed E-state index contributed by atoms with van der Waals surface area (Å²) in [6, 6.07) is 18.8. The molecule has 0 fully saturated rings. The third-order valence-electron chi connectivity index (χ3n) is 4.22. The molecule has 5 nitrogen and oxygen atoms in total. The standard InChI is InChI=1S/C22H24ClNO4/c1-26-21-5-2-4-17(12-21)13-24(15-22-6-3-11-27-22)14-19(25)16-28-20-9-7-18(23)8-10-20/h2-12,19,25H,13-16H2,1H3. The summed E-state index contributed by atoms with van der Waals surface area (Å²) in [7, 11) is 1.65. The lowest BCUT2D eigenvalue weighted by Crippen LogP contribution is -2.35. The Bertz CT molecular complexity index is 836. The summed E-state index contributed by atoms with van der Waals surface area (Å²) in [6.45, 7) is 1.86. The van der Waals surface area contributed by atoms with E-state index in [1.54, 1.807) is 37.6 Å². The Labute approximate surface area is 170 Å². The molecule has 0 bridgehead atoms. The van der Waals surface area contributed by atoms with Crippen LogP contribution in [0.3, 0.4) is 0 Å². The van der Waals surface area contributed by atoms with Crippen molar-refractivity contribution in [1.82, 2.24) is 4.90 Å². The van der Waals surface area contributed by atoms with Gasteiger partial charge in [-0.05, 0) is 54.1 Å². The monoisotopic (exact) mass is 401 g/mol. The van der Waals surface area contributed by atoms with Gasteiger partial charge in [-0.25, -0.2) is 0 Å². The molecule has 0 saturated heterocycles. The molecule has 3 aromatic rings. The van der Waals surface area contributed by atoms with Crippen molar-refractivity contribution in [3.05, 3.63) is 83.3 Å². The number of aliphatic hydroxyl groups is 1. The van der Waals surface area contributed by atoms with Crippen LogP contribution in [0, 0.1) is 0 Å². The minimum absolute atomic E-state index is 0.189. The Hall–Kier alpha value is -2.47. The number of hydrogen-bond donors (Lipinski definition) is 1. The highest BCUT2D eigenvalue weighted by Crippen LogP contribution is 2.18. The molecular weight excluding hydrogens is 378 g/mol. The number of methoxy groups -OCH3 is 1. The molecule has 0 aliphatic heterocycles.